The van der Waals surface area contributed by atoms with Crippen LogP contribution in [-0.4, -0.2) is 16.3 Å². The van der Waals surface area contributed by atoms with Gasteiger partial charge in [-0.3, -0.25) is 4.79 Å². The van der Waals surface area contributed by atoms with Crippen LogP contribution < -0.4 is 5.32 Å². The largest absolute Gasteiger partial charge is 0.304 e. The third-order valence-electron chi connectivity index (χ3n) is 3.10. The molecule has 0 radical (unpaired) electrons. The lowest BCUT2D eigenvalue weighted by atomic mass is 10.1. The smallest absolute Gasteiger partial charge is 0.239 e. The van der Waals surface area contributed by atoms with Gasteiger partial charge in [0.1, 0.15) is 0 Å². The highest BCUT2D eigenvalue weighted by Gasteiger charge is 2.30. The van der Waals surface area contributed by atoms with Gasteiger partial charge in [0.05, 0.1) is 10.9 Å². The SMILES string of the molecule is O=C1NC(=Nc2ccccc2)S[C@H]1Cc1ccc(Br)cc1. The standard InChI is InChI=1S/C16H13BrN2OS/c17-12-8-6-11(7-9-12)10-14-15(20)19-16(21-14)18-13-4-2-1-3-5-13/h1-9,14H,10H2,(H,18,19,20)/t14-/m0/s1. The predicted molar refractivity (Wildman–Crippen MR) is 90.9 cm³/mol. The molecule has 0 aliphatic carbocycles. The number of hydrogen-bond acceptors (Lipinski definition) is 3. The highest BCUT2D eigenvalue weighted by Crippen LogP contribution is 2.26. The summed E-state index contributed by atoms with van der Waals surface area (Å²) >= 11 is 4.90. The molecule has 1 heterocycles. The molecule has 5 heteroatoms. The Bertz CT molecular complexity index is 670. The molecule has 106 valence electrons. The minimum atomic E-state index is -0.117. The Labute approximate surface area is 136 Å². The number of para-hydroxylation sites is 1. The molecule has 1 aliphatic rings. The Morgan fingerprint density at radius 1 is 1.10 bits per heavy atom. The summed E-state index contributed by atoms with van der Waals surface area (Å²) in [5, 5.41) is 3.41. The molecular formula is C16H13BrN2OS. The Kier molecular flexibility index (Phi) is 4.41. The lowest BCUT2D eigenvalue weighted by Gasteiger charge is -2.05. The molecule has 1 amide bonds. The van der Waals surface area contributed by atoms with Gasteiger partial charge in [0.2, 0.25) is 5.91 Å². The van der Waals surface area contributed by atoms with Crippen LogP contribution in [0.15, 0.2) is 64.1 Å². The molecule has 1 N–H and O–H groups in total. The molecule has 3 nitrogen and oxygen atoms in total. The predicted octanol–water partition coefficient (Wildman–Crippen LogP) is 3.91. The maximum atomic E-state index is 12.0. The number of amidine groups is 1. The van der Waals surface area contributed by atoms with Crippen LogP contribution in [0.5, 0.6) is 0 Å². The van der Waals surface area contributed by atoms with E-state index in [0.717, 1.165) is 15.7 Å². The van der Waals surface area contributed by atoms with Crippen LogP contribution in [0, 0.1) is 0 Å². The first-order chi connectivity index (χ1) is 10.2. The van der Waals surface area contributed by atoms with Gasteiger partial charge >= 0.3 is 0 Å². The molecule has 21 heavy (non-hydrogen) atoms. The van der Waals surface area contributed by atoms with Crippen LogP contribution in [0.25, 0.3) is 0 Å². The number of rotatable bonds is 3. The monoisotopic (exact) mass is 360 g/mol. The van der Waals surface area contributed by atoms with Crippen molar-refractivity contribution in [2.24, 2.45) is 4.99 Å². The number of nitrogens with zero attached hydrogens (tertiary/aromatic N) is 1. The fourth-order valence-electron chi connectivity index (χ4n) is 2.05. The van der Waals surface area contributed by atoms with Crippen LogP contribution in [0.4, 0.5) is 5.69 Å². The van der Waals surface area contributed by atoms with Gasteiger partial charge < -0.3 is 5.32 Å². The lowest BCUT2D eigenvalue weighted by Crippen LogP contribution is -2.25. The molecule has 2 aromatic carbocycles. The van der Waals surface area contributed by atoms with Crippen LogP contribution >= 0.6 is 27.7 Å². The summed E-state index contributed by atoms with van der Waals surface area (Å²) in [5.41, 5.74) is 2.00. The topological polar surface area (TPSA) is 41.5 Å². The number of thioether (sulfide) groups is 1. The molecule has 0 aromatic heterocycles. The summed E-state index contributed by atoms with van der Waals surface area (Å²) in [7, 11) is 0. The van der Waals surface area contributed by atoms with E-state index in [2.05, 4.69) is 26.2 Å². The minimum absolute atomic E-state index is 0.0256. The van der Waals surface area contributed by atoms with Crippen molar-refractivity contribution >= 4 is 44.5 Å². The van der Waals surface area contributed by atoms with Gasteiger partial charge in [0.15, 0.2) is 5.17 Å². The maximum absolute atomic E-state index is 12.0. The first-order valence-electron chi connectivity index (χ1n) is 6.56. The van der Waals surface area contributed by atoms with Crippen LogP contribution in [-0.2, 0) is 11.2 Å². The van der Waals surface area contributed by atoms with Gasteiger partial charge in [-0.1, -0.05) is 58.0 Å². The highest BCUT2D eigenvalue weighted by molar-refractivity contribution is 9.10. The second-order valence-corrected chi connectivity index (χ2v) is 6.79. The van der Waals surface area contributed by atoms with E-state index < -0.39 is 0 Å². The number of benzene rings is 2. The molecule has 0 bridgehead atoms. The van der Waals surface area contributed by atoms with E-state index in [1.54, 1.807) is 0 Å². The lowest BCUT2D eigenvalue weighted by molar-refractivity contribution is -0.118. The molecule has 1 aliphatic heterocycles. The van der Waals surface area contributed by atoms with E-state index >= 15 is 0 Å². The zero-order chi connectivity index (χ0) is 14.7. The number of carbonyl (C=O) groups excluding carboxylic acids is 1. The van der Waals surface area contributed by atoms with Crippen molar-refractivity contribution in [3.63, 3.8) is 0 Å². The molecule has 1 atom stereocenters. The molecule has 1 saturated heterocycles. The van der Waals surface area contributed by atoms with Crippen molar-refractivity contribution in [2.45, 2.75) is 11.7 Å². The summed E-state index contributed by atoms with van der Waals surface area (Å²) in [6.07, 6.45) is 0.706. The average Bonchev–Trinajstić information content (AvgIpc) is 2.82. The second-order valence-electron chi connectivity index (χ2n) is 4.68. The fourth-order valence-corrected chi connectivity index (χ4v) is 3.34. The van der Waals surface area contributed by atoms with E-state index in [0.29, 0.717) is 11.6 Å². The van der Waals surface area contributed by atoms with Crippen molar-refractivity contribution < 1.29 is 4.79 Å². The zero-order valence-corrected chi connectivity index (χ0v) is 13.5. The van der Waals surface area contributed by atoms with Gasteiger partial charge in [0.25, 0.3) is 0 Å². The van der Waals surface area contributed by atoms with Crippen molar-refractivity contribution in [1.29, 1.82) is 0 Å². The van der Waals surface area contributed by atoms with Crippen molar-refractivity contribution in [3.8, 4) is 0 Å². The van der Waals surface area contributed by atoms with E-state index in [9.17, 15) is 4.79 Å². The first kappa shape index (κ1) is 14.4. The molecule has 3 rings (SSSR count). The zero-order valence-electron chi connectivity index (χ0n) is 11.1. The number of aliphatic imine (C=N–C) groups is 1. The van der Waals surface area contributed by atoms with Gasteiger partial charge in [-0.2, -0.15) is 0 Å². The fraction of sp³-hybridized carbons (Fsp3) is 0.125. The molecule has 2 aromatic rings. The van der Waals surface area contributed by atoms with E-state index in [4.69, 9.17) is 0 Å². The Morgan fingerprint density at radius 2 is 1.81 bits per heavy atom. The summed E-state index contributed by atoms with van der Waals surface area (Å²) in [5.74, 6) is 0.0256. The Morgan fingerprint density at radius 3 is 2.52 bits per heavy atom. The molecule has 0 spiro atoms. The molecule has 0 unspecified atom stereocenters. The number of amides is 1. The molecule has 0 saturated carbocycles. The van der Waals surface area contributed by atoms with Crippen molar-refractivity contribution in [1.82, 2.24) is 5.32 Å². The van der Waals surface area contributed by atoms with E-state index in [1.807, 2.05) is 54.6 Å². The Hall–Kier alpha value is -1.59. The number of carbonyl (C=O) groups is 1. The Balaban J connectivity index is 1.70. The van der Waals surface area contributed by atoms with Gasteiger partial charge in [0, 0.05) is 4.47 Å². The first-order valence-corrected chi connectivity index (χ1v) is 8.24. The van der Waals surface area contributed by atoms with Gasteiger partial charge in [-0.05, 0) is 36.2 Å². The number of nitrogens with one attached hydrogen (secondary N) is 1. The maximum Gasteiger partial charge on any atom is 0.239 e. The normalized spacial score (nSPS) is 19.8. The summed E-state index contributed by atoms with van der Waals surface area (Å²) in [4.78, 5) is 16.5. The molecular weight excluding hydrogens is 348 g/mol. The minimum Gasteiger partial charge on any atom is -0.304 e. The van der Waals surface area contributed by atoms with E-state index in [-0.39, 0.29) is 11.2 Å². The van der Waals surface area contributed by atoms with Crippen LogP contribution in [0.2, 0.25) is 0 Å². The van der Waals surface area contributed by atoms with E-state index in [1.165, 1.54) is 11.8 Å². The molecule has 1 fully saturated rings. The quantitative estimate of drug-likeness (QED) is 0.901. The van der Waals surface area contributed by atoms with Crippen molar-refractivity contribution in [3.05, 3.63) is 64.6 Å². The highest BCUT2D eigenvalue weighted by atomic mass is 79.9. The average molecular weight is 361 g/mol. The summed E-state index contributed by atoms with van der Waals surface area (Å²) < 4.78 is 1.04. The van der Waals surface area contributed by atoms with Crippen LogP contribution in [0.3, 0.4) is 0 Å². The third-order valence-corrected chi connectivity index (χ3v) is 4.71. The number of hydrogen-bond donors (Lipinski definition) is 1. The number of halogens is 1. The third kappa shape index (κ3) is 3.74. The summed E-state index contributed by atoms with van der Waals surface area (Å²) in [6.45, 7) is 0. The van der Waals surface area contributed by atoms with Crippen LogP contribution in [0.1, 0.15) is 5.56 Å². The van der Waals surface area contributed by atoms with Gasteiger partial charge in [-0.15, -0.1) is 0 Å². The van der Waals surface area contributed by atoms with Crippen molar-refractivity contribution in [2.75, 3.05) is 0 Å². The second kappa shape index (κ2) is 6.45. The summed E-state index contributed by atoms with van der Waals surface area (Å²) in [6, 6.07) is 17.7. The van der Waals surface area contributed by atoms with Gasteiger partial charge in [-0.25, -0.2) is 4.99 Å².